The van der Waals surface area contributed by atoms with Crippen LogP contribution in [0.25, 0.3) is 33.3 Å². The molecule has 0 bridgehead atoms. The van der Waals surface area contributed by atoms with Crippen molar-refractivity contribution in [2.75, 3.05) is 7.05 Å². The third kappa shape index (κ3) is 3.26. The van der Waals surface area contributed by atoms with Crippen LogP contribution < -0.4 is 5.32 Å². The van der Waals surface area contributed by atoms with Gasteiger partial charge in [-0.3, -0.25) is 14.8 Å². The third-order valence-corrected chi connectivity index (χ3v) is 5.00. The average molecular weight is 394 g/mol. The van der Waals surface area contributed by atoms with Crippen LogP contribution in [0.5, 0.6) is 0 Å². The van der Waals surface area contributed by atoms with Crippen molar-refractivity contribution in [1.29, 1.82) is 0 Å². The molecule has 0 saturated carbocycles. The molecule has 5 aromatic rings. The van der Waals surface area contributed by atoms with Crippen LogP contribution in [0.1, 0.15) is 16.1 Å². The van der Waals surface area contributed by atoms with Gasteiger partial charge >= 0.3 is 0 Å². The number of hydrogen-bond acceptors (Lipinski definition) is 5. The van der Waals surface area contributed by atoms with Crippen molar-refractivity contribution >= 4 is 28.0 Å². The van der Waals surface area contributed by atoms with Crippen LogP contribution in [-0.2, 0) is 6.54 Å². The minimum atomic E-state index is -0.214. The molecule has 1 aromatic carbocycles. The molecule has 1 amide bonds. The van der Waals surface area contributed by atoms with Crippen molar-refractivity contribution in [2.24, 2.45) is 0 Å². The number of carbonyl (C=O) groups is 1. The SMILES string of the molecule is CNC(=O)c1ccc(-c2ccc3ncn(Cc4ccc5ncccc5c4)c3n2)cn1. The molecule has 0 spiro atoms. The van der Waals surface area contributed by atoms with Crippen LogP contribution in [0.4, 0.5) is 0 Å². The molecule has 0 saturated heterocycles. The number of imidazole rings is 1. The molecule has 0 unspecified atom stereocenters. The smallest absolute Gasteiger partial charge is 0.269 e. The van der Waals surface area contributed by atoms with Gasteiger partial charge in [-0.1, -0.05) is 12.1 Å². The van der Waals surface area contributed by atoms with E-state index in [2.05, 4.69) is 38.5 Å². The van der Waals surface area contributed by atoms with Crippen LogP contribution in [0.3, 0.4) is 0 Å². The van der Waals surface area contributed by atoms with E-state index < -0.39 is 0 Å². The van der Waals surface area contributed by atoms with Gasteiger partial charge in [-0.2, -0.15) is 0 Å². The monoisotopic (exact) mass is 394 g/mol. The molecular formula is C23H18N6O. The van der Waals surface area contributed by atoms with E-state index in [1.54, 1.807) is 25.5 Å². The summed E-state index contributed by atoms with van der Waals surface area (Å²) >= 11 is 0. The lowest BCUT2D eigenvalue weighted by Gasteiger charge is -2.07. The lowest BCUT2D eigenvalue weighted by molar-refractivity contribution is 0.0958. The van der Waals surface area contributed by atoms with Gasteiger partial charge in [-0.05, 0) is 48.0 Å². The minimum Gasteiger partial charge on any atom is -0.354 e. The van der Waals surface area contributed by atoms with Crippen LogP contribution in [0.15, 0.2) is 73.3 Å². The minimum absolute atomic E-state index is 0.214. The van der Waals surface area contributed by atoms with Gasteiger partial charge in [-0.25, -0.2) is 9.97 Å². The number of pyridine rings is 3. The van der Waals surface area contributed by atoms with Gasteiger partial charge in [0.15, 0.2) is 5.65 Å². The first-order chi connectivity index (χ1) is 14.7. The lowest BCUT2D eigenvalue weighted by Crippen LogP contribution is -2.18. The van der Waals surface area contributed by atoms with Crippen molar-refractivity contribution in [2.45, 2.75) is 6.54 Å². The quantitative estimate of drug-likeness (QED) is 0.505. The zero-order valence-corrected chi connectivity index (χ0v) is 16.3. The van der Waals surface area contributed by atoms with E-state index in [-0.39, 0.29) is 5.91 Å². The van der Waals surface area contributed by atoms with E-state index in [0.717, 1.165) is 38.9 Å². The second-order valence-corrected chi connectivity index (χ2v) is 6.95. The fraction of sp³-hybridized carbons (Fsp3) is 0.0870. The maximum atomic E-state index is 11.7. The largest absolute Gasteiger partial charge is 0.354 e. The van der Waals surface area contributed by atoms with E-state index in [1.165, 1.54) is 0 Å². The number of fused-ring (bicyclic) bond motifs is 2. The molecule has 5 rings (SSSR count). The van der Waals surface area contributed by atoms with E-state index in [1.807, 2.05) is 41.2 Å². The first kappa shape index (κ1) is 17.9. The summed E-state index contributed by atoms with van der Waals surface area (Å²) in [5.41, 5.74) is 5.75. The Morgan fingerprint density at radius 2 is 1.90 bits per heavy atom. The average Bonchev–Trinajstić information content (AvgIpc) is 3.20. The summed E-state index contributed by atoms with van der Waals surface area (Å²) in [5, 5.41) is 3.68. The van der Waals surface area contributed by atoms with E-state index in [0.29, 0.717) is 12.2 Å². The molecule has 30 heavy (non-hydrogen) atoms. The van der Waals surface area contributed by atoms with Crippen LogP contribution in [0.2, 0.25) is 0 Å². The Morgan fingerprint density at radius 3 is 2.73 bits per heavy atom. The van der Waals surface area contributed by atoms with Crippen LogP contribution in [0, 0.1) is 0 Å². The first-order valence-electron chi connectivity index (χ1n) is 9.55. The number of aromatic nitrogens is 5. The van der Waals surface area contributed by atoms with Crippen LogP contribution in [-0.4, -0.2) is 37.5 Å². The molecule has 7 nitrogen and oxygen atoms in total. The Hall–Kier alpha value is -4.13. The van der Waals surface area contributed by atoms with Gasteiger partial charge in [0.1, 0.15) is 11.2 Å². The maximum absolute atomic E-state index is 11.7. The normalized spacial score (nSPS) is 11.1. The topological polar surface area (TPSA) is 85.6 Å². The molecule has 0 radical (unpaired) electrons. The lowest BCUT2D eigenvalue weighted by atomic mass is 10.1. The highest BCUT2D eigenvalue weighted by molar-refractivity contribution is 5.92. The predicted molar refractivity (Wildman–Crippen MR) is 115 cm³/mol. The van der Waals surface area contributed by atoms with E-state index >= 15 is 0 Å². The maximum Gasteiger partial charge on any atom is 0.269 e. The molecule has 0 atom stereocenters. The second-order valence-electron chi connectivity index (χ2n) is 6.95. The Labute approximate surface area is 172 Å². The highest BCUT2D eigenvalue weighted by Gasteiger charge is 2.10. The number of rotatable bonds is 4. The number of nitrogens with one attached hydrogen (secondary N) is 1. The molecule has 0 aliphatic heterocycles. The molecule has 0 aliphatic rings. The Balaban J connectivity index is 1.48. The van der Waals surface area contributed by atoms with Gasteiger partial charge in [0.05, 0.1) is 24.1 Å². The van der Waals surface area contributed by atoms with Gasteiger partial charge < -0.3 is 9.88 Å². The standard InChI is InChI=1S/C23H18N6O/c1-24-23(30)21-7-5-17(12-26-21)19-8-9-20-22(28-19)29(14-27-20)13-15-4-6-18-16(11-15)3-2-10-25-18/h2-12,14H,13H2,1H3,(H,24,30). The molecule has 4 heterocycles. The van der Waals surface area contributed by atoms with Gasteiger partial charge in [0.2, 0.25) is 0 Å². The summed E-state index contributed by atoms with van der Waals surface area (Å²) < 4.78 is 2.03. The summed E-state index contributed by atoms with van der Waals surface area (Å²) in [4.78, 5) is 29.6. The van der Waals surface area contributed by atoms with Gasteiger partial charge in [-0.15, -0.1) is 0 Å². The van der Waals surface area contributed by atoms with Gasteiger partial charge in [0.25, 0.3) is 5.91 Å². The van der Waals surface area contributed by atoms with Crippen molar-refractivity contribution in [3.05, 3.63) is 84.6 Å². The number of hydrogen-bond donors (Lipinski definition) is 1. The zero-order chi connectivity index (χ0) is 20.5. The second kappa shape index (κ2) is 7.36. The molecule has 0 aliphatic carbocycles. The predicted octanol–water partition coefficient (Wildman–Crippen LogP) is 3.45. The number of benzene rings is 1. The third-order valence-electron chi connectivity index (χ3n) is 5.00. The molecule has 146 valence electrons. The number of carbonyl (C=O) groups excluding carboxylic acids is 1. The van der Waals surface area contributed by atoms with Crippen molar-refractivity contribution in [3.63, 3.8) is 0 Å². The highest BCUT2D eigenvalue weighted by Crippen LogP contribution is 2.21. The molecule has 1 N–H and O–H groups in total. The van der Waals surface area contributed by atoms with Crippen molar-refractivity contribution in [1.82, 2.24) is 29.8 Å². The molecule has 4 aromatic heterocycles. The summed E-state index contributed by atoms with van der Waals surface area (Å²) in [5.74, 6) is -0.214. The Kier molecular flexibility index (Phi) is 4.40. The zero-order valence-electron chi connectivity index (χ0n) is 16.3. The summed E-state index contributed by atoms with van der Waals surface area (Å²) in [6, 6.07) is 17.7. The summed E-state index contributed by atoms with van der Waals surface area (Å²) in [7, 11) is 1.58. The highest BCUT2D eigenvalue weighted by atomic mass is 16.1. The summed E-state index contributed by atoms with van der Waals surface area (Å²) in [6.45, 7) is 0.658. The van der Waals surface area contributed by atoms with Crippen LogP contribution >= 0.6 is 0 Å². The van der Waals surface area contributed by atoms with Crippen molar-refractivity contribution in [3.8, 4) is 11.3 Å². The molecular weight excluding hydrogens is 376 g/mol. The van der Waals surface area contributed by atoms with Crippen molar-refractivity contribution < 1.29 is 4.79 Å². The summed E-state index contributed by atoms with van der Waals surface area (Å²) in [6.07, 6.45) is 5.27. The number of nitrogens with zero attached hydrogens (tertiary/aromatic N) is 5. The number of amides is 1. The fourth-order valence-corrected chi connectivity index (χ4v) is 3.44. The fourth-order valence-electron chi connectivity index (χ4n) is 3.44. The van der Waals surface area contributed by atoms with E-state index in [9.17, 15) is 4.79 Å². The Bertz CT molecular complexity index is 1370. The molecule has 0 fully saturated rings. The molecule has 7 heteroatoms. The van der Waals surface area contributed by atoms with E-state index in [4.69, 9.17) is 4.98 Å². The van der Waals surface area contributed by atoms with Gasteiger partial charge in [0, 0.05) is 30.4 Å². The Morgan fingerprint density at radius 1 is 1.00 bits per heavy atom. The first-order valence-corrected chi connectivity index (χ1v) is 9.55.